The lowest BCUT2D eigenvalue weighted by Crippen LogP contribution is -2.57. The van der Waals surface area contributed by atoms with Crippen LogP contribution < -0.4 is 5.32 Å². The van der Waals surface area contributed by atoms with Crippen LogP contribution in [0.2, 0.25) is 0 Å². The molecule has 1 saturated heterocycles. The molecule has 3 aliphatic rings. The van der Waals surface area contributed by atoms with E-state index < -0.39 is 24.1 Å². The predicted molar refractivity (Wildman–Crippen MR) is 140 cm³/mol. The first kappa shape index (κ1) is 27.1. The molecule has 2 N–H and O–H groups in total. The number of aliphatic carboxylic acids is 1. The van der Waals surface area contributed by atoms with E-state index in [9.17, 15) is 24.3 Å². The van der Waals surface area contributed by atoms with Gasteiger partial charge in [-0.1, -0.05) is 62.6 Å². The minimum atomic E-state index is -1.07. The molecular formula is C29H41N3O5. The van der Waals surface area contributed by atoms with E-state index in [-0.39, 0.29) is 30.7 Å². The van der Waals surface area contributed by atoms with Gasteiger partial charge in [0.25, 0.3) is 11.8 Å². The summed E-state index contributed by atoms with van der Waals surface area (Å²) in [6, 6.07) is 6.68. The maximum Gasteiger partial charge on any atom is 0.305 e. The third kappa shape index (κ3) is 6.90. The van der Waals surface area contributed by atoms with E-state index in [1.165, 1.54) is 22.6 Å². The van der Waals surface area contributed by atoms with Gasteiger partial charge >= 0.3 is 5.97 Å². The second-order valence-electron chi connectivity index (χ2n) is 11.1. The van der Waals surface area contributed by atoms with Crippen LogP contribution in [0.25, 0.3) is 0 Å². The Morgan fingerprint density at radius 2 is 1.54 bits per heavy atom. The van der Waals surface area contributed by atoms with Gasteiger partial charge in [-0.25, -0.2) is 0 Å². The second-order valence-corrected chi connectivity index (χ2v) is 11.1. The summed E-state index contributed by atoms with van der Waals surface area (Å²) < 4.78 is 0. The molecule has 1 heterocycles. The second kappa shape index (κ2) is 12.6. The van der Waals surface area contributed by atoms with E-state index in [4.69, 9.17) is 0 Å². The molecule has 2 aliphatic carbocycles. The number of carbonyl (C=O) groups is 4. The monoisotopic (exact) mass is 511 g/mol. The van der Waals surface area contributed by atoms with Gasteiger partial charge in [0, 0.05) is 31.1 Å². The van der Waals surface area contributed by atoms with Crippen molar-refractivity contribution >= 4 is 23.7 Å². The lowest BCUT2D eigenvalue weighted by Gasteiger charge is -2.34. The van der Waals surface area contributed by atoms with Crippen LogP contribution in [-0.4, -0.2) is 63.9 Å². The van der Waals surface area contributed by atoms with Gasteiger partial charge in [-0.05, 0) is 50.2 Å². The van der Waals surface area contributed by atoms with Crippen molar-refractivity contribution in [2.45, 2.75) is 96.2 Å². The highest BCUT2D eigenvalue weighted by molar-refractivity contribution is 5.99. The number of rotatable bonds is 9. The first-order valence-corrected chi connectivity index (χ1v) is 14.0. The summed E-state index contributed by atoms with van der Waals surface area (Å²) in [4.78, 5) is 55.3. The Bertz CT molecular complexity index is 966. The van der Waals surface area contributed by atoms with Crippen molar-refractivity contribution in [2.75, 3.05) is 13.1 Å². The minimum absolute atomic E-state index is 0.0861. The first-order chi connectivity index (χ1) is 17.8. The number of hydrogen-bond acceptors (Lipinski definition) is 4. The lowest BCUT2D eigenvalue weighted by atomic mass is 9.82. The zero-order valence-corrected chi connectivity index (χ0v) is 22.0. The molecule has 2 atom stereocenters. The smallest absolute Gasteiger partial charge is 0.305 e. The summed E-state index contributed by atoms with van der Waals surface area (Å²) in [5.41, 5.74) is 1.50. The van der Waals surface area contributed by atoms with Gasteiger partial charge in [0.1, 0.15) is 0 Å². The molecule has 1 aromatic carbocycles. The quantitative estimate of drug-likeness (QED) is 0.519. The molecule has 1 aliphatic heterocycles. The zero-order chi connectivity index (χ0) is 26.4. The number of benzene rings is 1. The van der Waals surface area contributed by atoms with Gasteiger partial charge in [0.2, 0.25) is 5.91 Å². The summed E-state index contributed by atoms with van der Waals surface area (Å²) in [6.07, 6.45) is 9.55. The number of carboxylic acid groups (broad SMARTS) is 1. The Morgan fingerprint density at radius 3 is 2.19 bits per heavy atom. The first-order valence-electron chi connectivity index (χ1n) is 14.0. The van der Waals surface area contributed by atoms with Crippen LogP contribution in [0.3, 0.4) is 0 Å². The maximum absolute atomic E-state index is 13.8. The Morgan fingerprint density at radius 1 is 0.919 bits per heavy atom. The molecule has 2 saturated carbocycles. The number of nitrogens with zero attached hydrogens (tertiary/aromatic N) is 2. The fraction of sp³-hybridized carbons (Fsp3) is 0.655. The number of hydrogen-bond donors (Lipinski definition) is 2. The Labute approximate surface area is 219 Å². The van der Waals surface area contributed by atoms with E-state index in [1.807, 2.05) is 19.1 Å². The van der Waals surface area contributed by atoms with E-state index in [0.717, 1.165) is 56.9 Å². The van der Waals surface area contributed by atoms with Crippen molar-refractivity contribution < 1.29 is 24.3 Å². The van der Waals surface area contributed by atoms with Gasteiger partial charge in [-0.15, -0.1) is 0 Å². The van der Waals surface area contributed by atoms with Gasteiger partial charge < -0.3 is 20.2 Å². The predicted octanol–water partition coefficient (Wildman–Crippen LogP) is 4.12. The van der Waals surface area contributed by atoms with E-state index in [1.54, 1.807) is 12.1 Å². The van der Waals surface area contributed by atoms with Crippen LogP contribution in [0.4, 0.5) is 0 Å². The molecular weight excluding hydrogens is 470 g/mol. The lowest BCUT2D eigenvalue weighted by molar-refractivity contribution is -0.143. The molecule has 0 spiro atoms. The van der Waals surface area contributed by atoms with E-state index >= 15 is 0 Å². The normalized spacial score (nSPS) is 21.7. The fourth-order valence-corrected chi connectivity index (χ4v) is 6.33. The third-order valence-corrected chi connectivity index (χ3v) is 8.47. The van der Waals surface area contributed by atoms with Gasteiger partial charge in [-0.3, -0.25) is 19.2 Å². The van der Waals surface area contributed by atoms with Crippen LogP contribution in [0.5, 0.6) is 0 Å². The standard InChI is InChI=1S/C29H41N3O5/c1-20-11-14-23(15-12-20)29(37)32-18-17-31(25(33)16-13-21-7-5-6-8-21)28(32)27(36)30-24(19-26(34)35)22-9-3-2-4-10-22/h11-12,14-15,21-22,24,28H,2-10,13,16-19H2,1H3,(H,30,36)(H,34,35). The van der Waals surface area contributed by atoms with E-state index in [2.05, 4.69) is 5.32 Å². The summed E-state index contributed by atoms with van der Waals surface area (Å²) in [6.45, 7) is 2.51. The SMILES string of the molecule is Cc1ccc(C(=O)N2CCN(C(=O)CCC3CCCC3)C2C(=O)NC(CC(=O)O)C2CCCCC2)cc1. The molecule has 4 rings (SSSR count). The number of carbonyl (C=O) groups excluding carboxylic acids is 3. The molecule has 37 heavy (non-hydrogen) atoms. The van der Waals surface area contributed by atoms with Crippen molar-refractivity contribution in [3.05, 3.63) is 35.4 Å². The van der Waals surface area contributed by atoms with Crippen LogP contribution in [0, 0.1) is 18.8 Å². The average Bonchev–Trinajstić information content (AvgIpc) is 3.57. The van der Waals surface area contributed by atoms with Crippen molar-refractivity contribution in [3.8, 4) is 0 Å². The maximum atomic E-state index is 13.8. The number of amides is 3. The molecule has 8 nitrogen and oxygen atoms in total. The van der Waals surface area contributed by atoms with Crippen molar-refractivity contribution in [1.82, 2.24) is 15.1 Å². The van der Waals surface area contributed by atoms with Crippen LogP contribution in [-0.2, 0) is 14.4 Å². The van der Waals surface area contributed by atoms with Crippen molar-refractivity contribution in [3.63, 3.8) is 0 Å². The van der Waals surface area contributed by atoms with Gasteiger partial charge in [0.05, 0.1) is 6.42 Å². The highest BCUT2D eigenvalue weighted by Crippen LogP contribution is 2.31. The van der Waals surface area contributed by atoms with Gasteiger partial charge in [0.15, 0.2) is 6.17 Å². The molecule has 2 unspecified atom stereocenters. The average molecular weight is 512 g/mol. The highest BCUT2D eigenvalue weighted by Gasteiger charge is 2.44. The van der Waals surface area contributed by atoms with Gasteiger partial charge in [-0.2, -0.15) is 0 Å². The Balaban J connectivity index is 1.53. The zero-order valence-electron chi connectivity index (χ0n) is 22.0. The highest BCUT2D eigenvalue weighted by atomic mass is 16.4. The number of carboxylic acids is 1. The minimum Gasteiger partial charge on any atom is -0.481 e. The molecule has 202 valence electrons. The molecule has 3 amide bonds. The number of nitrogens with one attached hydrogen (secondary N) is 1. The van der Waals surface area contributed by atoms with Crippen LogP contribution in [0.1, 0.15) is 93.0 Å². The van der Waals surface area contributed by atoms with Crippen molar-refractivity contribution in [2.24, 2.45) is 11.8 Å². The topological polar surface area (TPSA) is 107 Å². The Kier molecular flexibility index (Phi) is 9.22. The summed E-state index contributed by atoms with van der Waals surface area (Å²) in [7, 11) is 0. The molecule has 8 heteroatoms. The van der Waals surface area contributed by atoms with Crippen molar-refractivity contribution in [1.29, 1.82) is 0 Å². The van der Waals surface area contributed by atoms with Crippen LogP contribution in [0.15, 0.2) is 24.3 Å². The summed E-state index contributed by atoms with van der Waals surface area (Å²) in [5.74, 6) is -1.18. The third-order valence-electron chi connectivity index (χ3n) is 8.47. The molecule has 0 bridgehead atoms. The summed E-state index contributed by atoms with van der Waals surface area (Å²) >= 11 is 0. The Hall–Kier alpha value is -2.90. The molecule has 0 aromatic heterocycles. The summed E-state index contributed by atoms with van der Waals surface area (Å²) in [5, 5.41) is 12.5. The fourth-order valence-electron chi connectivity index (χ4n) is 6.33. The number of aryl methyl sites for hydroxylation is 1. The largest absolute Gasteiger partial charge is 0.481 e. The molecule has 3 fully saturated rings. The molecule has 1 aromatic rings. The van der Waals surface area contributed by atoms with E-state index in [0.29, 0.717) is 24.4 Å². The van der Waals surface area contributed by atoms with Crippen LogP contribution >= 0.6 is 0 Å². The molecule has 0 radical (unpaired) electrons.